The van der Waals surface area contributed by atoms with Gasteiger partial charge in [0, 0.05) is 26.3 Å². The summed E-state index contributed by atoms with van der Waals surface area (Å²) >= 11 is 6.22. The maximum Gasteiger partial charge on any atom is 0.178 e. The average Bonchev–Trinajstić information content (AvgIpc) is 3.19. The van der Waals surface area contributed by atoms with E-state index in [9.17, 15) is 5.26 Å². The molecule has 0 amide bonds. The van der Waals surface area contributed by atoms with Gasteiger partial charge >= 0.3 is 0 Å². The molecule has 0 bridgehead atoms. The Bertz CT molecular complexity index is 971. The largest absolute Gasteiger partial charge is 0.383 e. The van der Waals surface area contributed by atoms with Gasteiger partial charge in [0.15, 0.2) is 5.65 Å². The molecule has 9 nitrogen and oxygen atoms in total. The van der Waals surface area contributed by atoms with Gasteiger partial charge in [0.1, 0.15) is 28.3 Å². The highest BCUT2D eigenvalue weighted by atomic mass is 35.5. The zero-order valence-corrected chi connectivity index (χ0v) is 15.3. The predicted molar refractivity (Wildman–Crippen MR) is 98.2 cm³/mol. The Balaban J connectivity index is 1.75. The van der Waals surface area contributed by atoms with Gasteiger partial charge in [-0.2, -0.15) is 20.0 Å². The fourth-order valence-corrected chi connectivity index (χ4v) is 2.70. The second-order valence-electron chi connectivity index (χ2n) is 5.71. The van der Waals surface area contributed by atoms with Crippen LogP contribution in [-0.2, 0) is 17.7 Å². The molecule has 0 aromatic carbocycles. The number of nitrogens with one attached hydrogen (secondary N) is 1. The van der Waals surface area contributed by atoms with Crippen LogP contribution in [0.15, 0.2) is 12.3 Å². The van der Waals surface area contributed by atoms with Crippen LogP contribution >= 0.6 is 11.6 Å². The standard InChI is InChI=1S/C16H19ClN8O/c1-10-13(17)16-21-15(12(9-18)14(19)25(16)22-10)20-5-3-11-4-6-24(23-11)7-8-26-2/h4,6H,3,5,7-8,19H2,1-2H3,(H,20,21). The van der Waals surface area contributed by atoms with Crippen molar-refractivity contribution < 1.29 is 4.74 Å². The zero-order chi connectivity index (χ0) is 18.7. The van der Waals surface area contributed by atoms with E-state index in [0.29, 0.717) is 48.3 Å². The number of aromatic nitrogens is 5. The number of ether oxygens (including phenoxy) is 1. The van der Waals surface area contributed by atoms with Crippen LogP contribution < -0.4 is 11.1 Å². The molecule has 10 heteroatoms. The summed E-state index contributed by atoms with van der Waals surface area (Å²) < 4.78 is 8.25. The van der Waals surface area contributed by atoms with Crippen LogP contribution in [0.2, 0.25) is 5.02 Å². The number of aryl methyl sites for hydroxylation is 1. The summed E-state index contributed by atoms with van der Waals surface area (Å²) in [6.45, 7) is 3.62. The van der Waals surface area contributed by atoms with Crippen molar-refractivity contribution in [3.63, 3.8) is 0 Å². The number of nitriles is 1. The number of anilines is 2. The normalized spacial score (nSPS) is 11.0. The van der Waals surface area contributed by atoms with Crippen LogP contribution in [0.1, 0.15) is 17.0 Å². The number of nitrogen functional groups attached to an aromatic ring is 1. The lowest BCUT2D eigenvalue weighted by Crippen LogP contribution is -2.13. The van der Waals surface area contributed by atoms with E-state index in [4.69, 9.17) is 22.1 Å². The second kappa shape index (κ2) is 7.59. The molecular formula is C16H19ClN8O. The number of rotatable bonds is 7. The molecule has 26 heavy (non-hydrogen) atoms. The first kappa shape index (κ1) is 18.0. The van der Waals surface area contributed by atoms with Gasteiger partial charge in [0.2, 0.25) is 0 Å². The molecular weight excluding hydrogens is 356 g/mol. The molecule has 0 aliphatic rings. The van der Waals surface area contributed by atoms with Crippen molar-refractivity contribution in [3.8, 4) is 6.07 Å². The molecule has 0 aliphatic carbocycles. The van der Waals surface area contributed by atoms with E-state index in [1.54, 1.807) is 14.0 Å². The minimum Gasteiger partial charge on any atom is -0.383 e. The van der Waals surface area contributed by atoms with Crippen LogP contribution in [0.4, 0.5) is 11.6 Å². The van der Waals surface area contributed by atoms with Crippen molar-refractivity contribution in [2.24, 2.45) is 0 Å². The van der Waals surface area contributed by atoms with Crippen molar-refractivity contribution in [1.82, 2.24) is 24.4 Å². The molecule has 0 aliphatic heterocycles. The number of methoxy groups -OCH3 is 1. The van der Waals surface area contributed by atoms with Gasteiger partial charge in [0.05, 0.1) is 24.5 Å². The minimum atomic E-state index is 0.207. The van der Waals surface area contributed by atoms with Crippen molar-refractivity contribution in [3.05, 3.63) is 34.2 Å². The molecule has 0 saturated carbocycles. The summed E-state index contributed by atoms with van der Waals surface area (Å²) in [7, 11) is 1.66. The van der Waals surface area contributed by atoms with Gasteiger partial charge in [-0.3, -0.25) is 4.68 Å². The number of nitrogens with zero attached hydrogens (tertiary/aromatic N) is 6. The molecule has 0 unspecified atom stereocenters. The molecule has 0 atom stereocenters. The molecule has 3 rings (SSSR count). The lowest BCUT2D eigenvalue weighted by molar-refractivity contribution is 0.183. The first-order valence-corrected chi connectivity index (χ1v) is 8.42. The Kier molecular flexibility index (Phi) is 5.25. The number of hydrogen-bond donors (Lipinski definition) is 2. The van der Waals surface area contributed by atoms with Crippen LogP contribution in [-0.4, -0.2) is 44.6 Å². The molecule has 3 aromatic rings. The van der Waals surface area contributed by atoms with E-state index in [1.165, 1.54) is 4.52 Å². The third kappa shape index (κ3) is 3.42. The summed E-state index contributed by atoms with van der Waals surface area (Å²) in [5.41, 5.74) is 8.25. The quantitative estimate of drug-likeness (QED) is 0.645. The van der Waals surface area contributed by atoms with Crippen molar-refractivity contribution in [2.45, 2.75) is 19.9 Å². The maximum atomic E-state index is 9.43. The first-order chi connectivity index (χ1) is 12.5. The van der Waals surface area contributed by atoms with Crippen LogP contribution in [0.3, 0.4) is 0 Å². The fourth-order valence-electron chi connectivity index (χ4n) is 2.54. The van der Waals surface area contributed by atoms with Crippen LogP contribution in [0.25, 0.3) is 5.65 Å². The number of nitrogens with two attached hydrogens (primary N) is 1. The van der Waals surface area contributed by atoms with E-state index < -0.39 is 0 Å². The fraction of sp³-hybridized carbons (Fsp3) is 0.375. The van der Waals surface area contributed by atoms with Gasteiger partial charge in [-0.05, 0) is 13.0 Å². The molecule has 3 N–H and O–H groups in total. The summed E-state index contributed by atoms with van der Waals surface area (Å²) in [5, 5.41) is 21.7. The van der Waals surface area contributed by atoms with Gasteiger partial charge in [-0.1, -0.05) is 11.6 Å². The van der Waals surface area contributed by atoms with Gasteiger partial charge in [-0.15, -0.1) is 0 Å². The number of hydrogen-bond acceptors (Lipinski definition) is 7. The third-order valence-corrected chi connectivity index (χ3v) is 4.35. The van der Waals surface area contributed by atoms with E-state index >= 15 is 0 Å². The lowest BCUT2D eigenvalue weighted by atomic mass is 10.2. The third-order valence-electron chi connectivity index (χ3n) is 3.91. The minimum absolute atomic E-state index is 0.207. The van der Waals surface area contributed by atoms with Crippen molar-refractivity contribution in [1.29, 1.82) is 5.26 Å². The topological polar surface area (TPSA) is 119 Å². The summed E-state index contributed by atoms with van der Waals surface area (Å²) in [5.74, 6) is 0.594. The van der Waals surface area contributed by atoms with E-state index in [2.05, 4.69) is 26.6 Å². The maximum absolute atomic E-state index is 9.43. The molecule has 136 valence electrons. The smallest absolute Gasteiger partial charge is 0.178 e. The monoisotopic (exact) mass is 374 g/mol. The van der Waals surface area contributed by atoms with Gasteiger partial charge in [0.25, 0.3) is 0 Å². The molecule has 0 saturated heterocycles. The second-order valence-corrected chi connectivity index (χ2v) is 6.08. The molecule has 0 radical (unpaired) electrons. The van der Waals surface area contributed by atoms with Crippen LogP contribution in [0.5, 0.6) is 0 Å². The van der Waals surface area contributed by atoms with Gasteiger partial charge < -0.3 is 15.8 Å². The Morgan fingerprint density at radius 1 is 1.42 bits per heavy atom. The number of halogens is 1. The SMILES string of the molecule is COCCn1ccc(CCNc2nc3c(Cl)c(C)nn3c(N)c2C#N)n1. The first-order valence-electron chi connectivity index (χ1n) is 8.04. The van der Waals surface area contributed by atoms with E-state index in [1.807, 2.05) is 16.9 Å². The Labute approximate surface area is 155 Å². The van der Waals surface area contributed by atoms with E-state index in [-0.39, 0.29) is 11.4 Å². The Hall–Kier alpha value is -2.83. The predicted octanol–water partition coefficient (Wildman–Crippen LogP) is 1.64. The zero-order valence-electron chi connectivity index (χ0n) is 14.5. The summed E-state index contributed by atoms with van der Waals surface area (Å²) in [6, 6.07) is 4.02. The lowest BCUT2D eigenvalue weighted by Gasteiger charge is -2.09. The van der Waals surface area contributed by atoms with Crippen LogP contribution in [0, 0.1) is 18.3 Å². The Morgan fingerprint density at radius 2 is 2.23 bits per heavy atom. The molecule has 0 spiro atoms. The highest BCUT2D eigenvalue weighted by Gasteiger charge is 2.17. The van der Waals surface area contributed by atoms with Crippen molar-refractivity contribution in [2.75, 3.05) is 31.3 Å². The van der Waals surface area contributed by atoms with Crippen molar-refractivity contribution >= 4 is 28.9 Å². The highest BCUT2D eigenvalue weighted by molar-refractivity contribution is 6.34. The summed E-state index contributed by atoms with van der Waals surface area (Å²) in [6.07, 6.45) is 2.58. The average molecular weight is 375 g/mol. The highest BCUT2D eigenvalue weighted by Crippen LogP contribution is 2.27. The molecule has 3 aromatic heterocycles. The molecule has 0 fully saturated rings. The summed E-state index contributed by atoms with van der Waals surface area (Å²) in [4.78, 5) is 4.42. The Morgan fingerprint density at radius 3 is 2.96 bits per heavy atom. The van der Waals surface area contributed by atoms with Gasteiger partial charge in [-0.25, -0.2) is 4.98 Å². The van der Waals surface area contributed by atoms with E-state index in [0.717, 1.165) is 5.69 Å². The molecule has 3 heterocycles. The number of fused-ring (bicyclic) bond motifs is 1.